The van der Waals surface area contributed by atoms with Crippen LogP contribution in [0.1, 0.15) is 58.3 Å². The molecule has 7 heteroatoms. The van der Waals surface area contributed by atoms with Crippen LogP contribution < -0.4 is 5.32 Å². The number of halogens is 3. The maximum Gasteiger partial charge on any atom is 0.422 e. The Hall–Kier alpha value is -1.27. The van der Waals surface area contributed by atoms with Crippen LogP contribution in [0.4, 0.5) is 13.2 Å². The zero-order valence-electron chi connectivity index (χ0n) is 12.1. The lowest BCUT2D eigenvalue weighted by molar-refractivity contribution is -0.207. The number of aliphatic carboxylic acids is 1. The molecule has 0 aromatic carbocycles. The van der Waals surface area contributed by atoms with Crippen LogP contribution in [0.2, 0.25) is 0 Å². The summed E-state index contributed by atoms with van der Waals surface area (Å²) < 4.78 is 38.2. The summed E-state index contributed by atoms with van der Waals surface area (Å²) >= 11 is 0. The minimum atomic E-state index is -5.03. The monoisotopic (exact) mass is 309 g/mol. The first-order valence-electron chi connectivity index (χ1n) is 7.28. The van der Waals surface area contributed by atoms with Crippen molar-refractivity contribution in [2.24, 2.45) is 5.92 Å². The Morgan fingerprint density at radius 1 is 1.19 bits per heavy atom. The lowest BCUT2D eigenvalue weighted by Gasteiger charge is -2.28. The first-order valence-corrected chi connectivity index (χ1v) is 7.28. The molecule has 21 heavy (non-hydrogen) atoms. The van der Waals surface area contributed by atoms with Crippen LogP contribution in [0.3, 0.4) is 0 Å². The second kappa shape index (κ2) is 7.13. The van der Waals surface area contributed by atoms with Gasteiger partial charge < -0.3 is 10.4 Å². The first-order chi connectivity index (χ1) is 9.67. The van der Waals surface area contributed by atoms with E-state index < -0.39 is 23.6 Å². The predicted molar refractivity (Wildman–Crippen MR) is 70.7 cm³/mol. The molecule has 0 heterocycles. The maximum atomic E-state index is 12.7. The number of hydrogen-bond donors (Lipinski definition) is 2. The quantitative estimate of drug-likeness (QED) is 0.791. The molecule has 0 bridgehead atoms. The number of alkyl halides is 3. The number of carbonyl (C=O) groups is 2. The molecule has 0 saturated heterocycles. The zero-order chi connectivity index (χ0) is 16.1. The van der Waals surface area contributed by atoms with Gasteiger partial charge in [0.05, 0.1) is 0 Å². The smallest absolute Gasteiger partial charge is 0.422 e. The van der Waals surface area contributed by atoms with Gasteiger partial charge in [0.2, 0.25) is 11.4 Å². The lowest BCUT2D eigenvalue weighted by atomic mass is 9.86. The SMILES string of the molecule is CC(NC(=O)CCCC1CCCCC1)(C(=O)O)C(F)(F)F. The minimum absolute atomic E-state index is 0.0740. The summed E-state index contributed by atoms with van der Waals surface area (Å²) in [5.74, 6) is -2.43. The summed E-state index contributed by atoms with van der Waals surface area (Å²) in [4.78, 5) is 22.4. The van der Waals surface area contributed by atoms with Crippen molar-refractivity contribution in [3.8, 4) is 0 Å². The topological polar surface area (TPSA) is 66.4 Å². The molecule has 0 spiro atoms. The van der Waals surface area contributed by atoms with E-state index in [9.17, 15) is 22.8 Å². The molecule has 1 amide bonds. The summed E-state index contributed by atoms with van der Waals surface area (Å²) in [7, 11) is 0. The molecule has 1 aliphatic carbocycles. The van der Waals surface area contributed by atoms with Gasteiger partial charge in [-0.2, -0.15) is 13.2 Å². The molecule has 1 fully saturated rings. The van der Waals surface area contributed by atoms with Gasteiger partial charge in [-0.15, -0.1) is 0 Å². The van der Waals surface area contributed by atoms with Gasteiger partial charge in [-0.1, -0.05) is 32.1 Å². The normalized spacial score (nSPS) is 19.8. The summed E-state index contributed by atoms with van der Waals surface area (Å²) in [5.41, 5.74) is -3.23. The maximum absolute atomic E-state index is 12.7. The van der Waals surface area contributed by atoms with Crippen LogP contribution in [0, 0.1) is 5.92 Å². The van der Waals surface area contributed by atoms with Crippen molar-refractivity contribution in [1.29, 1.82) is 0 Å². The van der Waals surface area contributed by atoms with Crippen LogP contribution in [-0.2, 0) is 9.59 Å². The highest BCUT2D eigenvalue weighted by Crippen LogP contribution is 2.31. The van der Waals surface area contributed by atoms with E-state index in [1.807, 2.05) is 0 Å². The predicted octanol–water partition coefficient (Wildman–Crippen LogP) is 3.26. The van der Waals surface area contributed by atoms with E-state index in [0.29, 0.717) is 19.3 Å². The van der Waals surface area contributed by atoms with E-state index in [1.54, 1.807) is 5.32 Å². The Morgan fingerprint density at radius 3 is 2.24 bits per heavy atom. The Bertz CT molecular complexity index is 378. The first kappa shape index (κ1) is 17.8. The van der Waals surface area contributed by atoms with Gasteiger partial charge in [-0.25, -0.2) is 4.79 Å². The average Bonchev–Trinajstić information content (AvgIpc) is 2.38. The molecule has 0 aliphatic heterocycles. The summed E-state index contributed by atoms with van der Waals surface area (Å²) in [6.07, 6.45) is 1.97. The fourth-order valence-electron chi connectivity index (χ4n) is 2.61. The molecule has 1 atom stereocenters. The fourth-order valence-corrected chi connectivity index (χ4v) is 2.61. The van der Waals surface area contributed by atoms with Crippen molar-refractivity contribution < 1.29 is 27.9 Å². The Labute approximate surface area is 122 Å². The second-order valence-corrected chi connectivity index (χ2v) is 5.87. The molecule has 0 aromatic rings. The second-order valence-electron chi connectivity index (χ2n) is 5.87. The van der Waals surface area contributed by atoms with Gasteiger partial charge >= 0.3 is 12.1 Å². The van der Waals surface area contributed by atoms with Gasteiger partial charge in [-0.3, -0.25) is 4.79 Å². The number of nitrogens with one attached hydrogen (secondary N) is 1. The number of amides is 1. The molecule has 1 unspecified atom stereocenters. The molecule has 122 valence electrons. The third kappa shape index (κ3) is 4.89. The summed E-state index contributed by atoms with van der Waals surface area (Å²) in [5, 5.41) is 10.3. The molecule has 1 aliphatic rings. The van der Waals surface area contributed by atoms with Gasteiger partial charge in [0.15, 0.2) is 0 Å². The summed E-state index contributed by atoms with van der Waals surface area (Å²) in [6, 6.07) is 0. The van der Waals surface area contributed by atoms with E-state index in [0.717, 1.165) is 19.3 Å². The van der Waals surface area contributed by atoms with Crippen LogP contribution in [0.5, 0.6) is 0 Å². The number of carbonyl (C=O) groups excluding carboxylic acids is 1. The third-order valence-electron chi connectivity index (χ3n) is 4.13. The van der Waals surface area contributed by atoms with Crippen molar-refractivity contribution in [2.75, 3.05) is 0 Å². The van der Waals surface area contributed by atoms with E-state index in [2.05, 4.69) is 0 Å². The number of carboxylic acid groups (broad SMARTS) is 1. The van der Waals surface area contributed by atoms with Gasteiger partial charge in [0.25, 0.3) is 0 Å². The van der Waals surface area contributed by atoms with Crippen LogP contribution in [0.15, 0.2) is 0 Å². The van der Waals surface area contributed by atoms with E-state index in [4.69, 9.17) is 5.11 Å². The van der Waals surface area contributed by atoms with Crippen molar-refractivity contribution >= 4 is 11.9 Å². The van der Waals surface area contributed by atoms with Gasteiger partial charge in [-0.05, 0) is 25.7 Å². The van der Waals surface area contributed by atoms with Crippen molar-refractivity contribution in [3.05, 3.63) is 0 Å². The highest BCUT2D eigenvalue weighted by Gasteiger charge is 2.58. The van der Waals surface area contributed by atoms with E-state index in [-0.39, 0.29) is 6.42 Å². The highest BCUT2D eigenvalue weighted by molar-refractivity contribution is 5.87. The minimum Gasteiger partial charge on any atom is -0.479 e. The zero-order valence-corrected chi connectivity index (χ0v) is 12.1. The summed E-state index contributed by atoms with van der Waals surface area (Å²) in [6.45, 7) is 0.467. The molecular formula is C14H22F3NO3. The molecule has 2 N–H and O–H groups in total. The number of hydrogen-bond acceptors (Lipinski definition) is 2. The number of rotatable bonds is 6. The largest absolute Gasteiger partial charge is 0.479 e. The molecular weight excluding hydrogens is 287 g/mol. The Morgan fingerprint density at radius 2 is 1.76 bits per heavy atom. The van der Waals surface area contributed by atoms with E-state index in [1.165, 1.54) is 19.3 Å². The van der Waals surface area contributed by atoms with Crippen LogP contribution in [-0.4, -0.2) is 28.7 Å². The average molecular weight is 309 g/mol. The van der Waals surface area contributed by atoms with Crippen LogP contribution in [0.25, 0.3) is 0 Å². The molecule has 1 saturated carbocycles. The highest BCUT2D eigenvalue weighted by atomic mass is 19.4. The number of carboxylic acids is 1. The standard InChI is InChI=1S/C14H22F3NO3/c1-13(12(20)21,14(15,16)17)18-11(19)9-5-8-10-6-3-2-4-7-10/h10H,2-9H2,1H3,(H,18,19)(H,20,21). The molecule has 0 aromatic heterocycles. The molecule has 1 rings (SSSR count). The van der Waals surface area contributed by atoms with Gasteiger partial charge in [0, 0.05) is 6.42 Å². The van der Waals surface area contributed by atoms with Crippen LogP contribution >= 0.6 is 0 Å². The fraction of sp³-hybridized carbons (Fsp3) is 0.857. The molecule has 0 radical (unpaired) electrons. The van der Waals surface area contributed by atoms with Crippen molar-refractivity contribution in [3.63, 3.8) is 0 Å². The van der Waals surface area contributed by atoms with E-state index >= 15 is 0 Å². The van der Waals surface area contributed by atoms with Gasteiger partial charge in [0.1, 0.15) is 0 Å². The van der Waals surface area contributed by atoms with Crippen molar-refractivity contribution in [2.45, 2.75) is 70.0 Å². The lowest BCUT2D eigenvalue weighted by Crippen LogP contribution is -2.61. The molecule has 4 nitrogen and oxygen atoms in total. The Balaban J connectivity index is 2.42. The third-order valence-corrected chi connectivity index (χ3v) is 4.13. The Kier molecular flexibility index (Phi) is 6.04. The van der Waals surface area contributed by atoms with Crippen molar-refractivity contribution in [1.82, 2.24) is 5.32 Å².